The largest absolute Gasteiger partial charge is 0.481 e. The zero-order chi connectivity index (χ0) is 15.2. The molecule has 0 fully saturated rings. The van der Waals surface area contributed by atoms with Crippen LogP contribution in [0.3, 0.4) is 0 Å². The lowest BCUT2D eigenvalue weighted by atomic mass is 10.1. The van der Waals surface area contributed by atoms with Gasteiger partial charge in [-0.25, -0.2) is 9.97 Å². The molecule has 0 unspecified atom stereocenters. The normalized spacial score (nSPS) is 11.4. The number of thioether (sulfide) groups is 1. The van der Waals surface area contributed by atoms with Gasteiger partial charge in [0.15, 0.2) is 10.8 Å². The zero-order valence-electron chi connectivity index (χ0n) is 12.5. The third-order valence-corrected chi connectivity index (χ3v) is 4.17. The molecule has 2 heterocycles. The van der Waals surface area contributed by atoms with E-state index in [1.54, 1.807) is 6.20 Å². The van der Waals surface area contributed by atoms with Crippen LogP contribution in [0.2, 0.25) is 0 Å². The molecule has 0 spiro atoms. The van der Waals surface area contributed by atoms with Crippen LogP contribution < -0.4 is 0 Å². The first-order valence-electron chi connectivity index (χ1n) is 7.23. The quantitative estimate of drug-likeness (QED) is 0.597. The van der Waals surface area contributed by atoms with Gasteiger partial charge in [0.25, 0.3) is 0 Å². The number of imidazole rings is 1. The minimum atomic E-state index is -0.827. The lowest BCUT2D eigenvalue weighted by Gasteiger charge is -2.08. The Labute approximate surface area is 128 Å². The van der Waals surface area contributed by atoms with Crippen molar-refractivity contribution in [2.75, 3.05) is 5.75 Å². The molecule has 0 aliphatic rings. The molecular weight excluding hydrogens is 286 g/mol. The third kappa shape index (κ3) is 4.46. The Morgan fingerprint density at radius 2 is 2.24 bits per heavy atom. The minimum absolute atomic E-state index is 0.0231. The number of hydrogen-bond donors (Lipinski definition) is 1. The van der Waals surface area contributed by atoms with Crippen LogP contribution >= 0.6 is 11.8 Å². The van der Waals surface area contributed by atoms with E-state index in [9.17, 15) is 4.79 Å². The predicted octanol–water partition coefficient (Wildman–Crippen LogP) is 3.43. The Morgan fingerprint density at radius 3 is 2.95 bits per heavy atom. The van der Waals surface area contributed by atoms with Crippen molar-refractivity contribution in [3.63, 3.8) is 0 Å². The van der Waals surface area contributed by atoms with Gasteiger partial charge in [-0.05, 0) is 24.5 Å². The maximum atomic E-state index is 10.8. The number of hydrogen-bond acceptors (Lipinski definition) is 4. The highest BCUT2D eigenvalue weighted by Gasteiger charge is 2.13. The molecule has 1 N–H and O–H groups in total. The van der Waals surface area contributed by atoms with E-state index in [1.807, 2.05) is 16.7 Å². The second-order valence-electron chi connectivity index (χ2n) is 5.46. The standard InChI is InChI=1S/C15H21N3O2S/c1-11(2)6-3-4-9-18-14-12(7-5-8-16-14)17-15(18)21-10-13(19)20/h5,7-8,11H,3-4,6,9-10H2,1-2H3,(H,19,20). The second kappa shape index (κ2) is 7.45. The molecule has 0 aromatic carbocycles. The summed E-state index contributed by atoms with van der Waals surface area (Å²) < 4.78 is 2.04. The van der Waals surface area contributed by atoms with Crippen LogP contribution in [0.1, 0.15) is 33.1 Å². The van der Waals surface area contributed by atoms with Crippen LogP contribution in [-0.4, -0.2) is 31.4 Å². The van der Waals surface area contributed by atoms with Crippen LogP contribution in [0.25, 0.3) is 11.2 Å². The van der Waals surface area contributed by atoms with Gasteiger partial charge in [0.05, 0.1) is 5.75 Å². The molecule has 2 aromatic rings. The molecule has 5 nitrogen and oxygen atoms in total. The third-order valence-electron chi connectivity index (χ3n) is 3.21. The average Bonchev–Trinajstić information content (AvgIpc) is 2.79. The summed E-state index contributed by atoms with van der Waals surface area (Å²) in [5.74, 6) is -0.0927. The second-order valence-corrected chi connectivity index (χ2v) is 6.41. The number of aromatic nitrogens is 3. The lowest BCUT2D eigenvalue weighted by Crippen LogP contribution is -2.04. The number of aliphatic carboxylic acids is 1. The number of nitrogens with zero attached hydrogens (tertiary/aromatic N) is 3. The van der Waals surface area contributed by atoms with Crippen molar-refractivity contribution in [2.45, 2.75) is 44.8 Å². The lowest BCUT2D eigenvalue weighted by molar-refractivity contribution is -0.133. The van der Waals surface area contributed by atoms with Gasteiger partial charge in [-0.3, -0.25) is 4.79 Å². The van der Waals surface area contributed by atoms with Crippen molar-refractivity contribution in [1.29, 1.82) is 0 Å². The molecule has 6 heteroatoms. The number of aryl methyl sites for hydroxylation is 1. The van der Waals surface area contributed by atoms with E-state index in [2.05, 4.69) is 23.8 Å². The van der Waals surface area contributed by atoms with Gasteiger partial charge in [0.1, 0.15) is 5.52 Å². The molecule has 0 aliphatic heterocycles. The number of carbonyl (C=O) groups is 1. The van der Waals surface area contributed by atoms with Gasteiger partial charge >= 0.3 is 5.97 Å². The molecule has 0 atom stereocenters. The summed E-state index contributed by atoms with van der Waals surface area (Å²) in [4.78, 5) is 19.6. The number of carboxylic acids is 1. The highest BCUT2D eigenvalue weighted by molar-refractivity contribution is 7.99. The first-order valence-corrected chi connectivity index (χ1v) is 8.22. The zero-order valence-corrected chi connectivity index (χ0v) is 13.3. The monoisotopic (exact) mass is 307 g/mol. The molecule has 0 saturated carbocycles. The predicted molar refractivity (Wildman–Crippen MR) is 84.6 cm³/mol. The molecule has 2 aromatic heterocycles. The Hall–Kier alpha value is -1.56. The van der Waals surface area contributed by atoms with E-state index in [0.29, 0.717) is 5.92 Å². The smallest absolute Gasteiger partial charge is 0.313 e. The summed E-state index contributed by atoms with van der Waals surface area (Å²) in [7, 11) is 0. The Kier molecular flexibility index (Phi) is 5.61. The van der Waals surface area contributed by atoms with E-state index >= 15 is 0 Å². The van der Waals surface area contributed by atoms with Gasteiger partial charge in [-0.2, -0.15) is 0 Å². The number of unbranched alkanes of at least 4 members (excludes halogenated alkanes) is 1. The fourth-order valence-electron chi connectivity index (χ4n) is 2.20. The van der Waals surface area contributed by atoms with Crippen LogP contribution in [0.5, 0.6) is 0 Å². The van der Waals surface area contributed by atoms with E-state index < -0.39 is 5.97 Å². The van der Waals surface area contributed by atoms with Crippen molar-refractivity contribution >= 4 is 28.9 Å². The van der Waals surface area contributed by atoms with Crippen molar-refractivity contribution in [1.82, 2.24) is 14.5 Å². The average molecular weight is 307 g/mol. The maximum Gasteiger partial charge on any atom is 0.313 e. The van der Waals surface area contributed by atoms with Crippen molar-refractivity contribution in [2.24, 2.45) is 5.92 Å². The van der Waals surface area contributed by atoms with Gasteiger partial charge in [0, 0.05) is 12.7 Å². The number of carboxylic acid groups (broad SMARTS) is 1. The molecule has 0 saturated heterocycles. The summed E-state index contributed by atoms with van der Waals surface area (Å²) in [5.41, 5.74) is 1.67. The Bertz CT molecular complexity index is 610. The van der Waals surface area contributed by atoms with Gasteiger partial charge in [0.2, 0.25) is 0 Å². The van der Waals surface area contributed by atoms with Gasteiger partial charge < -0.3 is 9.67 Å². The summed E-state index contributed by atoms with van der Waals surface area (Å²) in [6.45, 7) is 5.28. The van der Waals surface area contributed by atoms with E-state index in [-0.39, 0.29) is 5.75 Å². The highest BCUT2D eigenvalue weighted by Crippen LogP contribution is 2.23. The summed E-state index contributed by atoms with van der Waals surface area (Å²) in [5, 5.41) is 9.59. The molecule has 0 radical (unpaired) electrons. The topological polar surface area (TPSA) is 68.0 Å². The Morgan fingerprint density at radius 1 is 1.43 bits per heavy atom. The summed E-state index contributed by atoms with van der Waals surface area (Å²) >= 11 is 1.26. The first-order chi connectivity index (χ1) is 10.1. The van der Waals surface area contributed by atoms with Crippen LogP contribution in [0, 0.1) is 5.92 Å². The minimum Gasteiger partial charge on any atom is -0.481 e. The molecule has 0 amide bonds. The number of fused-ring (bicyclic) bond motifs is 1. The molecule has 2 rings (SSSR count). The van der Waals surface area contributed by atoms with E-state index in [1.165, 1.54) is 18.2 Å². The number of pyridine rings is 1. The Balaban J connectivity index is 2.13. The molecular formula is C15H21N3O2S. The van der Waals surface area contributed by atoms with Gasteiger partial charge in [-0.15, -0.1) is 0 Å². The molecule has 21 heavy (non-hydrogen) atoms. The van der Waals surface area contributed by atoms with Crippen LogP contribution in [0.4, 0.5) is 0 Å². The van der Waals surface area contributed by atoms with Crippen molar-refractivity contribution in [3.05, 3.63) is 18.3 Å². The van der Waals surface area contributed by atoms with Crippen LogP contribution in [-0.2, 0) is 11.3 Å². The fraction of sp³-hybridized carbons (Fsp3) is 0.533. The highest BCUT2D eigenvalue weighted by atomic mass is 32.2. The van der Waals surface area contributed by atoms with Crippen molar-refractivity contribution in [3.8, 4) is 0 Å². The number of rotatable bonds is 8. The van der Waals surface area contributed by atoms with Crippen molar-refractivity contribution < 1.29 is 9.90 Å². The molecule has 0 bridgehead atoms. The van der Waals surface area contributed by atoms with E-state index in [4.69, 9.17) is 5.11 Å². The van der Waals surface area contributed by atoms with Gasteiger partial charge in [-0.1, -0.05) is 38.5 Å². The molecule has 0 aliphatic carbocycles. The maximum absolute atomic E-state index is 10.8. The molecule has 114 valence electrons. The van der Waals surface area contributed by atoms with E-state index in [0.717, 1.165) is 35.7 Å². The summed E-state index contributed by atoms with van der Waals surface area (Å²) in [6.07, 6.45) is 5.17. The van der Waals surface area contributed by atoms with Crippen LogP contribution in [0.15, 0.2) is 23.5 Å². The summed E-state index contributed by atoms with van der Waals surface area (Å²) in [6, 6.07) is 3.77. The fourth-order valence-corrected chi connectivity index (χ4v) is 2.95. The SMILES string of the molecule is CC(C)CCCCn1c(SCC(=O)O)nc2cccnc21. The first kappa shape index (κ1) is 15.8.